The van der Waals surface area contributed by atoms with Crippen LogP contribution in [0.3, 0.4) is 0 Å². The van der Waals surface area contributed by atoms with Crippen LogP contribution in [0.4, 0.5) is 14.0 Å². The minimum absolute atomic E-state index is 0.131. The van der Waals surface area contributed by atoms with E-state index in [0.717, 1.165) is 5.56 Å². The molecule has 6 N–H and O–H groups in total. The molecule has 2 aromatic rings. The molecule has 2 fully saturated rings. The smallest absolute Gasteiger partial charge is 0.404 e. The molecule has 2 unspecified atom stereocenters. The Labute approximate surface area is 222 Å². The number of hydrogen-bond donors (Lipinski definition) is 5. The third kappa shape index (κ3) is 5.92. The van der Waals surface area contributed by atoms with E-state index in [-0.39, 0.29) is 38.6 Å². The number of piperidine rings is 1. The first-order chi connectivity index (χ1) is 18.1. The minimum atomic E-state index is -1.53. The number of aryl methyl sites for hydroxylation is 1. The second kappa shape index (κ2) is 11.7. The normalized spacial score (nSPS) is 23.2. The summed E-state index contributed by atoms with van der Waals surface area (Å²) in [6.45, 7) is 3.21. The van der Waals surface area contributed by atoms with Gasteiger partial charge in [-0.25, -0.2) is 14.0 Å². The summed E-state index contributed by atoms with van der Waals surface area (Å²) in [6, 6.07) is 11.4. The Morgan fingerprint density at radius 3 is 2.61 bits per heavy atom. The lowest BCUT2D eigenvalue weighted by Crippen LogP contribution is -2.52. The molecule has 4 atom stereocenters. The van der Waals surface area contributed by atoms with Gasteiger partial charge < -0.3 is 36.2 Å². The molecule has 2 saturated heterocycles. The molecule has 0 saturated carbocycles. The molecular formula is C28H37FN4O5. The van der Waals surface area contributed by atoms with Crippen LogP contribution in [0, 0.1) is 18.7 Å². The average Bonchev–Trinajstić information content (AvgIpc) is 3.23. The number of urea groups is 1. The summed E-state index contributed by atoms with van der Waals surface area (Å²) >= 11 is 0. The van der Waals surface area contributed by atoms with E-state index in [1.165, 1.54) is 11.0 Å². The number of nitrogens with two attached hydrogens (primary N) is 1. The molecule has 4 rings (SSSR count). The van der Waals surface area contributed by atoms with Crippen molar-refractivity contribution < 1.29 is 29.3 Å². The van der Waals surface area contributed by atoms with Gasteiger partial charge in [0.1, 0.15) is 5.82 Å². The average molecular weight is 529 g/mol. The number of halogens is 1. The molecule has 206 valence electrons. The van der Waals surface area contributed by atoms with E-state index in [2.05, 4.69) is 5.32 Å². The summed E-state index contributed by atoms with van der Waals surface area (Å²) in [7, 11) is 0. The highest BCUT2D eigenvalue weighted by atomic mass is 19.1. The maximum absolute atomic E-state index is 15.4. The van der Waals surface area contributed by atoms with Crippen molar-refractivity contribution in [1.82, 2.24) is 15.1 Å². The fourth-order valence-corrected chi connectivity index (χ4v) is 5.80. The first-order valence-corrected chi connectivity index (χ1v) is 13.1. The summed E-state index contributed by atoms with van der Waals surface area (Å²) in [4.78, 5) is 27.5. The van der Waals surface area contributed by atoms with Crippen LogP contribution in [0.2, 0.25) is 0 Å². The van der Waals surface area contributed by atoms with Crippen LogP contribution in [0.15, 0.2) is 42.5 Å². The Hall–Kier alpha value is -3.21. The fraction of sp³-hybridized carbons (Fsp3) is 0.500. The Bertz CT molecular complexity index is 1150. The van der Waals surface area contributed by atoms with Gasteiger partial charge in [-0.15, -0.1) is 0 Å². The van der Waals surface area contributed by atoms with E-state index in [4.69, 9.17) is 10.8 Å². The standard InChI is InChI=1S/C28H37FN4O5/c1-18-6-2-7-19(14-18)25-21(9-3-10-22(25)29)28(38,11-5-12-31-26(35)36)20-8-4-13-32(15-20)27(37)33-16-23(30)24(34)17-33/h2-3,6-7,9-10,14,20,23-24,31,34,38H,4-5,8,11-13,15-17,30H2,1H3,(H,35,36)/t20?,23-,24+,28?/m1/s1. The van der Waals surface area contributed by atoms with E-state index in [1.807, 2.05) is 25.1 Å². The molecule has 0 bridgehead atoms. The van der Waals surface area contributed by atoms with Crippen molar-refractivity contribution in [3.8, 4) is 11.1 Å². The van der Waals surface area contributed by atoms with Crippen LogP contribution in [0.25, 0.3) is 11.1 Å². The molecule has 9 nitrogen and oxygen atoms in total. The lowest BCUT2D eigenvalue weighted by Gasteiger charge is -2.44. The molecule has 2 aromatic carbocycles. The second-order valence-electron chi connectivity index (χ2n) is 10.5. The van der Waals surface area contributed by atoms with Crippen LogP contribution in [-0.2, 0) is 5.60 Å². The number of hydrogen-bond acceptors (Lipinski definition) is 5. The number of aliphatic hydroxyl groups excluding tert-OH is 1. The van der Waals surface area contributed by atoms with Gasteiger partial charge in [-0.1, -0.05) is 42.0 Å². The Kier molecular flexibility index (Phi) is 8.54. The number of carbonyl (C=O) groups is 2. The van der Waals surface area contributed by atoms with Crippen molar-refractivity contribution in [2.75, 3.05) is 32.7 Å². The maximum Gasteiger partial charge on any atom is 0.404 e. The lowest BCUT2D eigenvalue weighted by atomic mass is 9.72. The van der Waals surface area contributed by atoms with Crippen molar-refractivity contribution >= 4 is 12.1 Å². The largest absolute Gasteiger partial charge is 0.465 e. The number of likely N-dealkylation sites (tertiary alicyclic amines) is 2. The molecule has 3 amide bonds. The summed E-state index contributed by atoms with van der Waals surface area (Å²) in [5, 5.41) is 33.8. The van der Waals surface area contributed by atoms with E-state index in [0.29, 0.717) is 42.5 Å². The van der Waals surface area contributed by atoms with Gasteiger partial charge in [0.2, 0.25) is 0 Å². The summed E-state index contributed by atoms with van der Waals surface area (Å²) in [6.07, 6.45) is -0.176. The number of nitrogens with zero attached hydrogens (tertiary/aromatic N) is 2. The number of aliphatic hydroxyl groups is 2. The van der Waals surface area contributed by atoms with Gasteiger partial charge in [-0.2, -0.15) is 0 Å². The highest BCUT2D eigenvalue weighted by Crippen LogP contribution is 2.44. The third-order valence-electron chi connectivity index (χ3n) is 7.77. The van der Waals surface area contributed by atoms with Gasteiger partial charge in [0.25, 0.3) is 0 Å². The van der Waals surface area contributed by atoms with Crippen LogP contribution in [0.5, 0.6) is 0 Å². The monoisotopic (exact) mass is 528 g/mol. The minimum Gasteiger partial charge on any atom is -0.465 e. The van der Waals surface area contributed by atoms with Crippen LogP contribution in [-0.4, -0.2) is 82.1 Å². The van der Waals surface area contributed by atoms with Gasteiger partial charge in [0.05, 0.1) is 11.7 Å². The topological polar surface area (TPSA) is 139 Å². The highest BCUT2D eigenvalue weighted by Gasteiger charge is 2.44. The predicted molar refractivity (Wildman–Crippen MR) is 141 cm³/mol. The van der Waals surface area contributed by atoms with E-state index < -0.39 is 35.6 Å². The van der Waals surface area contributed by atoms with Crippen molar-refractivity contribution in [3.05, 3.63) is 59.4 Å². The van der Waals surface area contributed by atoms with Gasteiger partial charge >= 0.3 is 12.1 Å². The second-order valence-corrected chi connectivity index (χ2v) is 10.5. The zero-order valence-electron chi connectivity index (χ0n) is 21.6. The highest BCUT2D eigenvalue weighted by molar-refractivity contribution is 5.75. The van der Waals surface area contributed by atoms with Gasteiger partial charge in [-0.05, 0) is 49.8 Å². The molecule has 10 heteroatoms. The summed E-state index contributed by atoms with van der Waals surface area (Å²) in [5.74, 6) is -0.879. The number of rotatable bonds is 7. The van der Waals surface area contributed by atoms with Crippen molar-refractivity contribution in [2.45, 2.75) is 50.4 Å². The van der Waals surface area contributed by atoms with Gasteiger partial charge in [0, 0.05) is 50.2 Å². The van der Waals surface area contributed by atoms with Crippen LogP contribution < -0.4 is 11.1 Å². The number of nitrogens with one attached hydrogen (secondary N) is 1. The Morgan fingerprint density at radius 1 is 1.16 bits per heavy atom. The van der Waals surface area contributed by atoms with Crippen molar-refractivity contribution in [2.24, 2.45) is 11.7 Å². The first kappa shape index (κ1) is 27.8. The number of amides is 3. The molecule has 2 aliphatic heterocycles. The molecule has 0 radical (unpaired) electrons. The zero-order valence-corrected chi connectivity index (χ0v) is 21.6. The predicted octanol–water partition coefficient (Wildman–Crippen LogP) is 2.87. The van der Waals surface area contributed by atoms with E-state index >= 15 is 4.39 Å². The maximum atomic E-state index is 15.4. The molecule has 2 heterocycles. The number of carboxylic acid groups (broad SMARTS) is 1. The number of β-amino-alcohol motifs (C(OH)–C–C–N with tert-alkyl or cyclic N) is 1. The van der Waals surface area contributed by atoms with Crippen LogP contribution >= 0.6 is 0 Å². The Morgan fingerprint density at radius 2 is 1.92 bits per heavy atom. The van der Waals surface area contributed by atoms with Crippen molar-refractivity contribution in [1.29, 1.82) is 0 Å². The SMILES string of the molecule is Cc1cccc(-c2c(F)cccc2C(O)(CCCNC(=O)O)C2CCCN(C(=O)N3C[C@@H](N)[C@@H](O)C3)C2)c1. The number of carbonyl (C=O) groups excluding carboxylic acids is 1. The molecular weight excluding hydrogens is 491 g/mol. The molecule has 38 heavy (non-hydrogen) atoms. The van der Waals surface area contributed by atoms with Gasteiger partial charge in [0.15, 0.2) is 0 Å². The summed E-state index contributed by atoms with van der Waals surface area (Å²) < 4.78 is 15.4. The first-order valence-electron chi connectivity index (χ1n) is 13.1. The fourth-order valence-electron chi connectivity index (χ4n) is 5.80. The molecule has 0 spiro atoms. The lowest BCUT2D eigenvalue weighted by molar-refractivity contribution is -0.0562. The summed E-state index contributed by atoms with van der Waals surface area (Å²) in [5.41, 5.74) is 6.71. The Balaban J connectivity index is 1.68. The van der Waals surface area contributed by atoms with Crippen LogP contribution in [0.1, 0.15) is 36.8 Å². The van der Waals surface area contributed by atoms with Gasteiger partial charge in [-0.3, -0.25) is 0 Å². The third-order valence-corrected chi connectivity index (χ3v) is 7.77. The molecule has 2 aliphatic rings. The molecule has 0 aliphatic carbocycles. The van der Waals surface area contributed by atoms with Crippen molar-refractivity contribution in [3.63, 3.8) is 0 Å². The van der Waals surface area contributed by atoms with E-state index in [1.54, 1.807) is 23.1 Å². The zero-order chi connectivity index (χ0) is 27.4. The number of benzene rings is 2. The molecule has 0 aromatic heterocycles. The van der Waals surface area contributed by atoms with E-state index in [9.17, 15) is 19.8 Å². The quantitative estimate of drug-likeness (QED) is 0.350.